The number of carbonyl (C=O) groups is 1. The van der Waals surface area contributed by atoms with Crippen LogP contribution in [-0.4, -0.2) is 32.1 Å². The van der Waals surface area contributed by atoms with Gasteiger partial charge in [-0.15, -0.1) is 11.3 Å². The van der Waals surface area contributed by atoms with E-state index in [0.29, 0.717) is 12.8 Å². The molecule has 3 heterocycles. The molecule has 6 heteroatoms. The number of thiazole rings is 1. The van der Waals surface area contributed by atoms with E-state index in [2.05, 4.69) is 11.2 Å². The fourth-order valence-electron chi connectivity index (χ4n) is 3.96. The average molecular weight is 403 g/mol. The summed E-state index contributed by atoms with van der Waals surface area (Å²) >= 11 is 1.71. The fraction of sp³-hybridized carbons (Fsp3) is 0.261. The number of hydrogen-bond acceptors (Lipinski definition) is 4. The van der Waals surface area contributed by atoms with E-state index < -0.39 is 0 Å². The number of amides is 1. The van der Waals surface area contributed by atoms with E-state index in [1.165, 1.54) is 4.70 Å². The Bertz CT molecular complexity index is 1100. The molecule has 1 aliphatic rings. The summed E-state index contributed by atoms with van der Waals surface area (Å²) in [6.07, 6.45) is 7.11. The Labute approximate surface area is 173 Å². The van der Waals surface area contributed by atoms with Crippen molar-refractivity contribution >= 4 is 27.5 Å². The second kappa shape index (κ2) is 7.79. The van der Waals surface area contributed by atoms with Crippen LogP contribution < -0.4 is 0 Å². The lowest BCUT2D eigenvalue weighted by molar-refractivity contribution is -0.132. The van der Waals surface area contributed by atoms with Gasteiger partial charge in [-0.3, -0.25) is 4.79 Å². The van der Waals surface area contributed by atoms with E-state index in [4.69, 9.17) is 4.98 Å². The number of para-hydroxylation sites is 2. The lowest BCUT2D eigenvalue weighted by atomic mass is 10.1. The first-order chi connectivity index (χ1) is 14.3. The zero-order valence-electron chi connectivity index (χ0n) is 16.1. The number of aryl methyl sites for hydroxylation is 1. The molecule has 1 amide bonds. The molecule has 0 spiro atoms. The van der Waals surface area contributed by atoms with Crippen LogP contribution >= 0.6 is 11.3 Å². The van der Waals surface area contributed by atoms with Gasteiger partial charge in [0.25, 0.3) is 0 Å². The van der Waals surface area contributed by atoms with Crippen LogP contribution in [0.2, 0.25) is 0 Å². The van der Waals surface area contributed by atoms with Crippen LogP contribution in [0.5, 0.6) is 0 Å². The molecule has 0 saturated carbocycles. The summed E-state index contributed by atoms with van der Waals surface area (Å²) in [5.74, 6) is 0.208. The van der Waals surface area contributed by atoms with E-state index in [9.17, 15) is 4.79 Å². The number of likely N-dealkylation sites (tertiary alicyclic amines) is 1. The molecule has 5 nitrogen and oxygen atoms in total. The highest BCUT2D eigenvalue weighted by molar-refractivity contribution is 7.18. The fourth-order valence-corrected chi connectivity index (χ4v) is 5.08. The van der Waals surface area contributed by atoms with Gasteiger partial charge in [0, 0.05) is 19.2 Å². The van der Waals surface area contributed by atoms with Crippen LogP contribution in [-0.2, 0) is 11.2 Å². The minimum Gasteiger partial charge on any atom is -0.333 e. The van der Waals surface area contributed by atoms with Crippen molar-refractivity contribution in [2.45, 2.75) is 31.7 Å². The molecule has 2 aromatic heterocycles. The third kappa shape index (κ3) is 3.68. The molecule has 0 bridgehead atoms. The molecule has 0 radical (unpaired) electrons. The standard InChI is InChI=1S/C23H22N4OS/c28-22(13-12-17-15-24-27(16-17)18-7-2-1-3-8-18)26-14-6-10-20(26)23-25-19-9-4-5-11-21(19)29-23/h1-5,7-9,11,15-16,20H,6,10,12-14H2. The Balaban J connectivity index is 1.26. The first-order valence-corrected chi connectivity index (χ1v) is 10.8. The van der Waals surface area contributed by atoms with E-state index in [0.717, 1.165) is 41.2 Å². The summed E-state index contributed by atoms with van der Waals surface area (Å²) in [4.78, 5) is 19.8. The highest BCUT2D eigenvalue weighted by Crippen LogP contribution is 2.36. The summed E-state index contributed by atoms with van der Waals surface area (Å²) in [5.41, 5.74) is 3.14. The van der Waals surface area contributed by atoms with Crippen molar-refractivity contribution in [2.24, 2.45) is 0 Å². The molecule has 1 fully saturated rings. The lowest BCUT2D eigenvalue weighted by Gasteiger charge is -2.23. The van der Waals surface area contributed by atoms with Gasteiger partial charge in [0.2, 0.25) is 5.91 Å². The zero-order valence-corrected chi connectivity index (χ0v) is 16.9. The number of nitrogens with zero attached hydrogens (tertiary/aromatic N) is 4. The van der Waals surface area contributed by atoms with E-state index >= 15 is 0 Å². The van der Waals surface area contributed by atoms with Gasteiger partial charge in [0.05, 0.1) is 28.1 Å². The van der Waals surface area contributed by atoms with Gasteiger partial charge in [-0.25, -0.2) is 9.67 Å². The first-order valence-electron chi connectivity index (χ1n) is 10.0. The minimum atomic E-state index is 0.118. The van der Waals surface area contributed by atoms with Crippen molar-refractivity contribution in [1.82, 2.24) is 19.7 Å². The normalized spacial score (nSPS) is 16.6. The summed E-state index contributed by atoms with van der Waals surface area (Å²) < 4.78 is 3.05. The Hall–Kier alpha value is -2.99. The molecule has 29 heavy (non-hydrogen) atoms. The molecular weight excluding hydrogens is 380 g/mol. The summed E-state index contributed by atoms with van der Waals surface area (Å²) in [6.45, 7) is 0.822. The molecule has 146 valence electrons. The molecule has 4 aromatic rings. The Morgan fingerprint density at radius 3 is 2.79 bits per heavy atom. The van der Waals surface area contributed by atoms with Crippen LogP contribution in [0.4, 0.5) is 0 Å². The molecule has 1 aliphatic heterocycles. The Kier molecular flexibility index (Phi) is 4.86. The number of hydrogen-bond donors (Lipinski definition) is 0. The molecule has 0 N–H and O–H groups in total. The molecular formula is C23H22N4OS. The van der Waals surface area contributed by atoms with E-state index in [-0.39, 0.29) is 11.9 Å². The lowest BCUT2D eigenvalue weighted by Crippen LogP contribution is -2.30. The predicted molar refractivity (Wildman–Crippen MR) is 115 cm³/mol. The van der Waals surface area contributed by atoms with Crippen molar-refractivity contribution in [1.29, 1.82) is 0 Å². The predicted octanol–water partition coefficient (Wildman–Crippen LogP) is 4.78. The largest absolute Gasteiger partial charge is 0.333 e. The maximum Gasteiger partial charge on any atom is 0.223 e. The van der Waals surface area contributed by atoms with Crippen molar-refractivity contribution in [3.05, 3.63) is 77.6 Å². The minimum absolute atomic E-state index is 0.118. The highest BCUT2D eigenvalue weighted by Gasteiger charge is 2.31. The maximum atomic E-state index is 13.0. The van der Waals surface area contributed by atoms with Crippen LogP contribution in [0.25, 0.3) is 15.9 Å². The van der Waals surface area contributed by atoms with Crippen LogP contribution in [0, 0.1) is 0 Å². The second-order valence-electron chi connectivity index (χ2n) is 7.39. The Morgan fingerprint density at radius 2 is 1.93 bits per heavy atom. The molecule has 1 unspecified atom stereocenters. The summed E-state index contributed by atoms with van der Waals surface area (Å²) in [7, 11) is 0. The summed E-state index contributed by atoms with van der Waals surface area (Å²) in [5, 5.41) is 5.50. The number of aromatic nitrogens is 3. The van der Waals surface area contributed by atoms with E-state index in [1.54, 1.807) is 11.3 Å². The Morgan fingerprint density at radius 1 is 1.10 bits per heavy atom. The van der Waals surface area contributed by atoms with Gasteiger partial charge >= 0.3 is 0 Å². The van der Waals surface area contributed by atoms with Gasteiger partial charge in [0.15, 0.2) is 0 Å². The average Bonchev–Trinajstić information content (AvgIpc) is 3.51. The van der Waals surface area contributed by atoms with Crippen molar-refractivity contribution in [3.63, 3.8) is 0 Å². The highest BCUT2D eigenvalue weighted by atomic mass is 32.1. The van der Waals surface area contributed by atoms with Gasteiger partial charge in [-0.1, -0.05) is 30.3 Å². The zero-order chi connectivity index (χ0) is 19.6. The van der Waals surface area contributed by atoms with Gasteiger partial charge in [-0.2, -0.15) is 5.10 Å². The summed E-state index contributed by atoms with van der Waals surface area (Å²) in [6, 6.07) is 18.3. The van der Waals surface area contributed by atoms with Crippen molar-refractivity contribution in [2.75, 3.05) is 6.54 Å². The number of carbonyl (C=O) groups excluding carboxylic acids is 1. The monoisotopic (exact) mass is 402 g/mol. The third-order valence-electron chi connectivity index (χ3n) is 5.45. The number of benzene rings is 2. The van der Waals surface area contributed by atoms with E-state index in [1.807, 2.05) is 70.5 Å². The maximum absolute atomic E-state index is 13.0. The van der Waals surface area contributed by atoms with Gasteiger partial charge in [0.1, 0.15) is 5.01 Å². The molecule has 1 saturated heterocycles. The third-order valence-corrected chi connectivity index (χ3v) is 6.59. The second-order valence-corrected chi connectivity index (χ2v) is 8.46. The van der Waals surface area contributed by atoms with Crippen LogP contribution in [0.15, 0.2) is 67.0 Å². The SMILES string of the molecule is O=C(CCc1cnn(-c2ccccc2)c1)N1CCCC1c1nc2ccccc2s1. The molecule has 5 rings (SSSR count). The topological polar surface area (TPSA) is 51.0 Å². The molecule has 0 aliphatic carbocycles. The van der Waals surface area contributed by atoms with Crippen molar-refractivity contribution < 1.29 is 4.79 Å². The van der Waals surface area contributed by atoms with Crippen LogP contribution in [0.3, 0.4) is 0 Å². The van der Waals surface area contributed by atoms with Gasteiger partial charge in [-0.05, 0) is 49.1 Å². The smallest absolute Gasteiger partial charge is 0.223 e. The quantitative estimate of drug-likeness (QED) is 0.483. The number of fused-ring (bicyclic) bond motifs is 1. The van der Waals surface area contributed by atoms with Crippen LogP contribution in [0.1, 0.15) is 35.9 Å². The van der Waals surface area contributed by atoms with Gasteiger partial charge < -0.3 is 4.90 Å². The number of rotatable bonds is 5. The molecule has 2 aromatic carbocycles. The van der Waals surface area contributed by atoms with Crippen molar-refractivity contribution in [3.8, 4) is 5.69 Å². The first kappa shape index (κ1) is 18.1. The molecule has 1 atom stereocenters.